The van der Waals surface area contributed by atoms with Crippen molar-refractivity contribution in [3.8, 4) is 6.07 Å². The van der Waals surface area contributed by atoms with E-state index >= 15 is 0 Å². The molecule has 0 amide bonds. The van der Waals surface area contributed by atoms with Gasteiger partial charge in [0.15, 0.2) is 12.4 Å². The van der Waals surface area contributed by atoms with Crippen molar-refractivity contribution in [1.82, 2.24) is 0 Å². The lowest BCUT2D eigenvalue weighted by Crippen LogP contribution is -2.28. The molecule has 0 saturated carbocycles. The minimum absolute atomic E-state index is 0.0462. The first-order valence-electron chi connectivity index (χ1n) is 7.61. The first-order valence-corrected chi connectivity index (χ1v) is 7.61. The fraction of sp³-hybridized carbons (Fsp3) is 0.444. The fourth-order valence-electron chi connectivity index (χ4n) is 2.32. The third-order valence-electron chi connectivity index (χ3n) is 3.87. The van der Waals surface area contributed by atoms with Crippen LogP contribution in [0.25, 0.3) is 0 Å². The second kappa shape index (κ2) is 8.84. The minimum atomic E-state index is -1.15. The third kappa shape index (κ3) is 5.03. The highest BCUT2D eigenvalue weighted by molar-refractivity contribution is 6.06. The molecule has 0 aliphatic rings. The van der Waals surface area contributed by atoms with E-state index in [1.165, 1.54) is 6.92 Å². The molecule has 5 heteroatoms. The summed E-state index contributed by atoms with van der Waals surface area (Å²) in [5.74, 6) is -2.57. The molecule has 0 radical (unpaired) electrons. The van der Waals surface area contributed by atoms with Crippen LogP contribution in [0.2, 0.25) is 0 Å². The van der Waals surface area contributed by atoms with Gasteiger partial charge < -0.3 is 10.1 Å². The molecule has 0 spiro atoms. The number of rotatable bonds is 8. The van der Waals surface area contributed by atoms with E-state index < -0.39 is 30.2 Å². The Morgan fingerprint density at radius 1 is 1.30 bits per heavy atom. The van der Waals surface area contributed by atoms with Crippen molar-refractivity contribution in [3.05, 3.63) is 35.9 Å². The van der Waals surface area contributed by atoms with Crippen molar-refractivity contribution >= 4 is 17.5 Å². The summed E-state index contributed by atoms with van der Waals surface area (Å²) in [7, 11) is 0. The first-order chi connectivity index (χ1) is 10.9. The molecule has 0 heterocycles. The zero-order chi connectivity index (χ0) is 17.4. The van der Waals surface area contributed by atoms with Crippen molar-refractivity contribution in [2.24, 2.45) is 11.8 Å². The summed E-state index contributed by atoms with van der Waals surface area (Å²) in [5.41, 5.74) is 0.800. The van der Waals surface area contributed by atoms with Gasteiger partial charge in [0.2, 0.25) is 0 Å². The molecule has 0 aliphatic heterocycles. The summed E-state index contributed by atoms with van der Waals surface area (Å²) < 4.78 is 5.14. The molecular formula is C18H22N2O3. The lowest BCUT2D eigenvalue weighted by atomic mass is 9.85. The number of hydrogen-bond donors (Lipinski definition) is 1. The Kier molecular flexibility index (Phi) is 7.14. The van der Waals surface area contributed by atoms with E-state index in [9.17, 15) is 9.59 Å². The summed E-state index contributed by atoms with van der Waals surface area (Å²) in [6.45, 7) is 4.86. The number of esters is 1. The van der Waals surface area contributed by atoms with Gasteiger partial charge in [-0.15, -0.1) is 0 Å². The molecule has 3 atom stereocenters. The van der Waals surface area contributed by atoms with Gasteiger partial charge in [-0.05, 0) is 18.4 Å². The van der Waals surface area contributed by atoms with E-state index in [-0.39, 0.29) is 11.6 Å². The molecule has 0 aromatic heterocycles. The number of nitrogens with zero attached hydrogens (tertiary/aromatic N) is 1. The molecule has 1 aromatic carbocycles. The van der Waals surface area contributed by atoms with Crippen LogP contribution < -0.4 is 0 Å². The van der Waals surface area contributed by atoms with Crippen molar-refractivity contribution in [2.75, 3.05) is 6.61 Å². The van der Waals surface area contributed by atoms with Crippen LogP contribution in [0.15, 0.2) is 30.3 Å². The van der Waals surface area contributed by atoms with Crippen LogP contribution in [0.5, 0.6) is 0 Å². The van der Waals surface area contributed by atoms with Crippen LogP contribution in [0.1, 0.15) is 38.7 Å². The van der Waals surface area contributed by atoms with Crippen molar-refractivity contribution in [3.63, 3.8) is 0 Å². The number of nitriles is 1. The van der Waals surface area contributed by atoms with Crippen molar-refractivity contribution in [2.45, 2.75) is 33.1 Å². The number of carbonyl (C=O) groups excluding carboxylic acids is 2. The van der Waals surface area contributed by atoms with Crippen LogP contribution in [0, 0.1) is 28.6 Å². The van der Waals surface area contributed by atoms with E-state index in [2.05, 4.69) is 0 Å². The Morgan fingerprint density at radius 3 is 2.39 bits per heavy atom. The number of benzene rings is 1. The van der Waals surface area contributed by atoms with Gasteiger partial charge in [0.05, 0.1) is 12.0 Å². The average Bonchev–Trinajstić information content (AvgIpc) is 2.54. The van der Waals surface area contributed by atoms with E-state index in [4.69, 9.17) is 15.4 Å². The van der Waals surface area contributed by atoms with E-state index in [1.807, 2.05) is 44.2 Å². The molecule has 23 heavy (non-hydrogen) atoms. The van der Waals surface area contributed by atoms with Gasteiger partial charge >= 0.3 is 5.97 Å². The Morgan fingerprint density at radius 2 is 1.91 bits per heavy atom. The largest absolute Gasteiger partial charge is 0.457 e. The van der Waals surface area contributed by atoms with Gasteiger partial charge in [-0.1, -0.05) is 50.6 Å². The van der Waals surface area contributed by atoms with Gasteiger partial charge in [-0.2, -0.15) is 5.26 Å². The number of nitrogens with one attached hydrogen (secondary N) is 1. The quantitative estimate of drug-likeness (QED) is 0.589. The van der Waals surface area contributed by atoms with Crippen LogP contribution in [0.4, 0.5) is 0 Å². The molecular weight excluding hydrogens is 292 g/mol. The Balaban J connectivity index is 2.82. The van der Waals surface area contributed by atoms with Gasteiger partial charge in [-0.3, -0.25) is 9.59 Å². The van der Waals surface area contributed by atoms with Gasteiger partial charge in [0.1, 0.15) is 5.92 Å². The summed E-state index contributed by atoms with van der Waals surface area (Å²) in [6, 6.07) is 11.1. The zero-order valence-corrected chi connectivity index (χ0v) is 13.7. The summed E-state index contributed by atoms with van der Waals surface area (Å²) in [4.78, 5) is 24.3. The third-order valence-corrected chi connectivity index (χ3v) is 3.87. The molecule has 1 N–H and O–H groups in total. The number of ether oxygens (including phenoxy) is 1. The highest BCUT2D eigenvalue weighted by Gasteiger charge is 2.29. The zero-order valence-electron chi connectivity index (χ0n) is 13.7. The average molecular weight is 314 g/mol. The number of hydrogen-bond acceptors (Lipinski definition) is 5. The topological polar surface area (TPSA) is 91.0 Å². The molecule has 0 unspecified atom stereocenters. The van der Waals surface area contributed by atoms with E-state index in [1.54, 1.807) is 6.07 Å². The summed E-state index contributed by atoms with van der Waals surface area (Å²) in [5, 5.41) is 16.3. The fourth-order valence-corrected chi connectivity index (χ4v) is 2.32. The predicted molar refractivity (Wildman–Crippen MR) is 87.1 cm³/mol. The second-order valence-corrected chi connectivity index (χ2v) is 5.59. The van der Waals surface area contributed by atoms with E-state index in [0.29, 0.717) is 0 Å². The normalized spacial score (nSPS) is 14.2. The van der Waals surface area contributed by atoms with Crippen LogP contribution >= 0.6 is 0 Å². The predicted octanol–water partition coefficient (Wildman–Crippen LogP) is 3.11. The maximum Gasteiger partial charge on any atom is 0.314 e. The van der Waals surface area contributed by atoms with Gasteiger partial charge in [0, 0.05) is 5.71 Å². The number of carbonyl (C=O) groups is 2. The molecule has 5 nitrogen and oxygen atoms in total. The standard InChI is InChI=1S/C18H22N2O3/c1-4-12(2)17(14-8-6-5-7-9-14)18(22)23-11-16(21)15(10-19)13(3)20/h5-9,12,15,17,20H,4,11H2,1-3H3/t12-,15+,17+/m0/s1. The molecule has 1 rings (SSSR count). The molecule has 0 bridgehead atoms. The number of ketones is 1. The van der Waals surface area contributed by atoms with Gasteiger partial charge in [-0.25, -0.2) is 0 Å². The van der Waals surface area contributed by atoms with Crippen LogP contribution in [-0.4, -0.2) is 24.1 Å². The van der Waals surface area contributed by atoms with Crippen molar-refractivity contribution in [1.29, 1.82) is 10.7 Å². The Labute approximate surface area is 136 Å². The lowest BCUT2D eigenvalue weighted by molar-refractivity contribution is -0.150. The van der Waals surface area contributed by atoms with Crippen LogP contribution in [0.3, 0.4) is 0 Å². The Hall–Kier alpha value is -2.48. The summed E-state index contributed by atoms with van der Waals surface area (Å²) >= 11 is 0. The number of Topliss-reactive ketones (excluding diaryl/α,β-unsaturated/α-hetero) is 1. The second-order valence-electron chi connectivity index (χ2n) is 5.59. The monoisotopic (exact) mass is 314 g/mol. The highest BCUT2D eigenvalue weighted by Crippen LogP contribution is 2.28. The molecule has 0 aliphatic carbocycles. The smallest absolute Gasteiger partial charge is 0.314 e. The SMILES string of the molecule is CC[C@H](C)[C@@H](C(=O)OCC(=O)[C@H](C#N)C(C)=N)c1ccccc1. The summed E-state index contributed by atoms with van der Waals surface area (Å²) in [6.07, 6.45) is 0.795. The molecule has 0 saturated heterocycles. The molecule has 0 fully saturated rings. The molecule has 122 valence electrons. The van der Waals surface area contributed by atoms with E-state index in [0.717, 1.165) is 12.0 Å². The first kappa shape index (κ1) is 18.6. The Bertz CT molecular complexity index is 604. The minimum Gasteiger partial charge on any atom is -0.457 e. The maximum atomic E-state index is 12.4. The molecule has 1 aromatic rings. The van der Waals surface area contributed by atoms with Crippen molar-refractivity contribution < 1.29 is 14.3 Å². The highest BCUT2D eigenvalue weighted by atomic mass is 16.5. The lowest BCUT2D eigenvalue weighted by Gasteiger charge is -2.22. The maximum absolute atomic E-state index is 12.4. The van der Waals surface area contributed by atoms with Gasteiger partial charge in [0.25, 0.3) is 0 Å². The van der Waals surface area contributed by atoms with Crippen LogP contribution in [-0.2, 0) is 14.3 Å².